The number of allylic oxidation sites excluding steroid dienone is 2. The Balaban J connectivity index is 1.84. The van der Waals surface area contributed by atoms with E-state index >= 15 is 0 Å². The van der Waals surface area contributed by atoms with E-state index in [1.165, 1.54) is 0 Å². The monoisotopic (exact) mass is 263 g/mol. The molecule has 102 valence electrons. The lowest BCUT2D eigenvalue weighted by molar-refractivity contribution is -0.147. The van der Waals surface area contributed by atoms with E-state index < -0.39 is 17.8 Å². The molecular weight excluding hydrogens is 246 g/mol. The lowest BCUT2D eigenvalue weighted by atomic mass is 9.82. The first-order valence-corrected chi connectivity index (χ1v) is 6.31. The Bertz CT molecular complexity index is 467. The predicted molar refractivity (Wildman–Crippen MR) is 68.2 cm³/mol. The zero-order valence-corrected chi connectivity index (χ0v) is 10.5. The Kier molecular flexibility index (Phi) is 4.33. The molecule has 1 heterocycles. The van der Waals surface area contributed by atoms with Gasteiger partial charge in [0.2, 0.25) is 5.91 Å². The fourth-order valence-corrected chi connectivity index (χ4v) is 2.23. The molecule has 1 aliphatic carbocycles. The van der Waals surface area contributed by atoms with Crippen LogP contribution in [0.5, 0.6) is 0 Å². The molecule has 0 aliphatic heterocycles. The number of hydrogen-bond acceptors (Lipinski definition) is 3. The molecule has 0 fully saturated rings. The lowest BCUT2D eigenvalue weighted by Gasteiger charge is -2.24. The number of carbonyl (C=O) groups is 2. The van der Waals surface area contributed by atoms with Crippen LogP contribution in [-0.4, -0.2) is 33.3 Å². The van der Waals surface area contributed by atoms with E-state index in [0.29, 0.717) is 25.9 Å². The van der Waals surface area contributed by atoms with Crippen LogP contribution in [0.15, 0.2) is 30.6 Å². The highest BCUT2D eigenvalue weighted by atomic mass is 16.4. The van der Waals surface area contributed by atoms with Gasteiger partial charge in [0, 0.05) is 18.9 Å². The molecule has 0 saturated heterocycles. The van der Waals surface area contributed by atoms with Gasteiger partial charge in [-0.2, -0.15) is 5.10 Å². The van der Waals surface area contributed by atoms with E-state index in [4.69, 9.17) is 5.11 Å². The number of aromatic nitrogens is 2. The summed E-state index contributed by atoms with van der Waals surface area (Å²) in [7, 11) is 0. The number of carboxylic acid groups (broad SMARTS) is 1. The number of rotatable bonds is 5. The minimum absolute atomic E-state index is 0.191. The summed E-state index contributed by atoms with van der Waals surface area (Å²) in [5, 5.41) is 15.9. The van der Waals surface area contributed by atoms with Crippen LogP contribution >= 0.6 is 0 Å². The fraction of sp³-hybridized carbons (Fsp3) is 0.462. The van der Waals surface area contributed by atoms with Crippen molar-refractivity contribution in [2.24, 2.45) is 11.8 Å². The van der Waals surface area contributed by atoms with Crippen molar-refractivity contribution in [3.8, 4) is 0 Å². The van der Waals surface area contributed by atoms with E-state index in [2.05, 4.69) is 10.4 Å². The van der Waals surface area contributed by atoms with Gasteiger partial charge < -0.3 is 10.4 Å². The summed E-state index contributed by atoms with van der Waals surface area (Å²) in [5.74, 6) is -2.18. The van der Waals surface area contributed by atoms with Crippen molar-refractivity contribution in [2.45, 2.75) is 19.4 Å². The maximum atomic E-state index is 12.0. The number of carbonyl (C=O) groups excluding carboxylic acids is 1. The molecule has 2 rings (SSSR count). The molecule has 19 heavy (non-hydrogen) atoms. The maximum Gasteiger partial charge on any atom is 0.307 e. The van der Waals surface area contributed by atoms with Gasteiger partial charge in [-0.05, 0) is 18.9 Å². The van der Waals surface area contributed by atoms with Crippen molar-refractivity contribution < 1.29 is 14.7 Å². The van der Waals surface area contributed by atoms with Crippen molar-refractivity contribution in [3.63, 3.8) is 0 Å². The van der Waals surface area contributed by atoms with Gasteiger partial charge >= 0.3 is 5.97 Å². The van der Waals surface area contributed by atoms with Gasteiger partial charge in [-0.25, -0.2) is 0 Å². The van der Waals surface area contributed by atoms with Crippen LogP contribution < -0.4 is 5.32 Å². The number of nitrogens with zero attached hydrogens (tertiary/aromatic N) is 2. The molecule has 6 heteroatoms. The third kappa shape index (κ3) is 3.43. The second-order valence-electron chi connectivity index (χ2n) is 4.55. The minimum atomic E-state index is -0.906. The largest absolute Gasteiger partial charge is 0.481 e. The van der Waals surface area contributed by atoms with Gasteiger partial charge in [0.1, 0.15) is 0 Å². The van der Waals surface area contributed by atoms with Gasteiger partial charge in [0.25, 0.3) is 0 Å². The second kappa shape index (κ2) is 6.17. The summed E-state index contributed by atoms with van der Waals surface area (Å²) >= 11 is 0. The molecule has 2 atom stereocenters. The maximum absolute atomic E-state index is 12.0. The molecule has 6 nitrogen and oxygen atoms in total. The number of carboxylic acids is 1. The summed E-state index contributed by atoms with van der Waals surface area (Å²) in [5.41, 5.74) is 0. The minimum Gasteiger partial charge on any atom is -0.481 e. The average Bonchev–Trinajstić information content (AvgIpc) is 2.91. The number of nitrogens with one attached hydrogen (secondary N) is 1. The zero-order valence-electron chi connectivity index (χ0n) is 10.5. The SMILES string of the molecule is O=C(O)[C@H]1CC=CC[C@H]1C(=O)NCCn1cccn1. The molecule has 0 bridgehead atoms. The first-order valence-electron chi connectivity index (χ1n) is 6.31. The van der Waals surface area contributed by atoms with Crippen molar-refractivity contribution in [2.75, 3.05) is 6.54 Å². The number of aliphatic carboxylic acids is 1. The third-order valence-corrected chi connectivity index (χ3v) is 3.29. The Morgan fingerprint density at radius 3 is 2.68 bits per heavy atom. The van der Waals surface area contributed by atoms with E-state index in [0.717, 1.165) is 0 Å². The lowest BCUT2D eigenvalue weighted by Crippen LogP contribution is -2.39. The highest BCUT2D eigenvalue weighted by Gasteiger charge is 2.33. The average molecular weight is 263 g/mol. The van der Waals surface area contributed by atoms with Crippen LogP contribution in [0.2, 0.25) is 0 Å². The molecule has 0 spiro atoms. The van der Waals surface area contributed by atoms with Gasteiger partial charge in [0.05, 0.1) is 18.4 Å². The van der Waals surface area contributed by atoms with Crippen molar-refractivity contribution >= 4 is 11.9 Å². The van der Waals surface area contributed by atoms with Gasteiger partial charge in [-0.15, -0.1) is 0 Å². The fourth-order valence-electron chi connectivity index (χ4n) is 2.23. The van der Waals surface area contributed by atoms with Gasteiger partial charge in [0.15, 0.2) is 0 Å². The van der Waals surface area contributed by atoms with Crippen LogP contribution in [0.3, 0.4) is 0 Å². The quantitative estimate of drug-likeness (QED) is 0.765. The van der Waals surface area contributed by atoms with Crippen LogP contribution in [0.1, 0.15) is 12.8 Å². The number of amides is 1. The molecule has 0 aromatic carbocycles. The Hall–Kier alpha value is -2.11. The van der Waals surface area contributed by atoms with E-state index in [-0.39, 0.29) is 5.91 Å². The van der Waals surface area contributed by atoms with Gasteiger partial charge in [-0.3, -0.25) is 14.3 Å². The first kappa shape index (κ1) is 13.3. The molecule has 0 unspecified atom stereocenters. The van der Waals surface area contributed by atoms with E-state index in [1.807, 2.05) is 24.4 Å². The topological polar surface area (TPSA) is 84.2 Å². The summed E-state index contributed by atoms with van der Waals surface area (Å²) in [4.78, 5) is 23.1. The first-order chi connectivity index (χ1) is 9.18. The predicted octanol–water partition coefficient (Wildman–Crippen LogP) is 0.666. The Morgan fingerprint density at radius 2 is 2.05 bits per heavy atom. The van der Waals surface area contributed by atoms with Crippen LogP contribution in [-0.2, 0) is 16.1 Å². The van der Waals surface area contributed by atoms with Crippen molar-refractivity contribution in [1.82, 2.24) is 15.1 Å². The van der Waals surface area contributed by atoms with Crippen LogP contribution in [0.25, 0.3) is 0 Å². The Morgan fingerprint density at radius 1 is 1.32 bits per heavy atom. The highest BCUT2D eigenvalue weighted by Crippen LogP contribution is 2.25. The van der Waals surface area contributed by atoms with Crippen molar-refractivity contribution in [3.05, 3.63) is 30.6 Å². The Labute approximate surface area is 111 Å². The summed E-state index contributed by atoms with van der Waals surface area (Å²) in [6, 6.07) is 1.81. The van der Waals surface area contributed by atoms with Gasteiger partial charge in [-0.1, -0.05) is 12.2 Å². The number of hydrogen-bond donors (Lipinski definition) is 2. The molecule has 1 aliphatic rings. The molecule has 1 aromatic heterocycles. The highest BCUT2D eigenvalue weighted by molar-refractivity contribution is 5.85. The van der Waals surface area contributed by atoms with E-state index in [1.54, 1.807) is 10.9 Å². The van der Waals surface area contributed by atoms with Crippen molar-refractivity contribution in [1.29, 1.82) is 0 Å². The molecular formula is C13H17N3O3. The molecule has 1 aromatic rings. The molecule has 0 radical (unpaired) electrons. The summed E-state index contributed by atoms with van der Waals surface area (Å²) in [6.07, 6.45) is 8.10. The molecule has 0 saturated carbocycles. The van der Waals surface area contributed by atoms with E-state index in [9.17, 15) is 9.59 Å². The zero-order chi connectivity index (χ0) is 13.7. The standard InChI is InChI=1S/C13H17N3O3/c17-12(14-7-9-16-8-3-6-15-16)10-4-1-2-5-11(10)13(18)19/h1-3,6,8,10-11H,4-5,7,9H2,(H,14,17)(H,18,19)/t10-,11+/m1/s1. The normalized spacial score (nSPS) is 22.1. The van der Waals surface area contributed by atoms with Crippen LogP contribution in [0.4, 0.5) is 0 Å². The summed E-state index contributed by atoms with van der Waals surface area (Å²) in [6.45, 7) is 1.03. The molecule has 1 amide bonds. The second-order valence-corrected chi connectivity index (χ2v) is 4.55. The van der Waals surface area contributed by atoms with Crippen LogP contribution in [0, 0.1) is 11.8 Å². The molecule has 2 N–H and O–H groups in total. The summed E-state index contributed by atoms with van der Waals surface area (Å²) < 4.78 is 1.72. The smallest absolute Gasteiger partial charge is 0.307 e. The third-order valence-electron chi connectivity index (χ3n) is 3.29.